The van der Waals surface area contributed by atoms with E-state index in [1.165, 1.54) is 225 Å². The van der Waals surface area contributed by atoms with Crippen LogP contribution in [0.25, 0.3) is 0 Å². The molecule has 0 radical (unpaired) electrons. The van der Waals surface area contributed by atoms with Gasteiger partial charge < -0.3 is 65.1 Å². The molecule has 2 rings (SSSR count). The van der Waals surface area contributed by atoms with Gasteiger partial charge >= 0.3 is 0 Å². The molecular formula is C65H125NO13. The van der Waals surface area contributed by atoms with Gasteiger partial charge in [0.2, 0.25) is 5.91 Å². The van der Waals surface area contributed by atoms with E-state index in [1.807, 2.05) is 6.08 Å². The first-order chi connectivity index (χ1) is 38.6. The van der Waals surface area contributed by atoms with Crippen molar-refractivity contribution >= 4 is 5.91 Å². The van der Waals surface area contributed by atoms with Crippen molar-refractivity contribution in [2.45, 2.75) is 376 Å². The van der Waals surface area contributed by atoms with Crippen LogP contribution in [0.1, 0.15) is 303 Å². The van der Waals surface area contributed by atoms with Gasteiger partial charge in [0.25, 0.3) is 0 Å². The summed E-state index contributed by atoms with van der Waals surface area (Å²) in [6, 6.07) is -0.907. The average molecular weight is 1130 g/mol. The van der Waals surface area contributed by atoms with Gasteiger partial charge in [-0.2, -0.15) is 0 Å². The van der Waals surface area contributed by atoms with Gasteiger partial charge in [-0.05, 0) is 19.3 Å². The first-order valence-corrected chi connectivity index (χ1v) is 33.4. The number of carbonyl (C=O) groups excluding carboxylic acids is 1. The van der Waals surface area contributed by atoms with E-state index in [0.717, 1.165) is 51.4 Å². The highest BCUT2D eigenvalue weighted by molar-refractivity contribution is 5.76. The number of ether oxygens (including phenoxy) is 4. The van der Waals surface area contributed by atoms with Crippen LogP contribution in [0.4, 0.5) is 0 Å². The Balaban J connectivity index is 1.48. The fourth-order valence-corrected chi connectivity index (χ4v) is 11.4. The summed E-state index contributed by atoms with van der Waals surface area (Å²) in [4.78, 5) is 13.2. The van der Waals surface area contributed by atoms with Crippen LogP contribution < -0.4 is 5.32 Å². The quantitative estimate of drug-likeness (QED) is 0.0204. The molecule has 12 atom stereocenters. The van der Waals surface area contributed by atoms with E-state index in [2.05, 4.69) is 19.2 Å². The third-order valence-corrected chi connectivity index (χ3v) is 16.7. The smallest absolute Gasteiger partial charge is 0.220 e. The minimum Gasteiger partial charge on any atom is -0.394 e. The molecule has 14 nitrogen and oxygen atoms in total. The van der Waals surface area contributed by atoms with Crippen LogP contribution in [0.3, 0.4) is 0 Å². The van der Waals surface area contributed by atoms with Crippen molar-refractivity contribution in [1.82, 2.24) is 5.32 Å². The SMILES string of the molecule is CCCCCCC/C=C/C(O)C(COC1OC(CO)C(OC2OC(CO)C(O)C(O)C2O)C(O)C1O)NC(=O)CCCCCCCCCCCCCCCCCCCCCCCCCCCCCCCCCCCCCCCC. The van der Waals surface area contributed by atoms with E-state index in [9.17, 15) is 45.6 Å². The first-order valence-electron chi connectivity index (χ1n) is 33.4. The highest BCUT2D eigenvalue weighted by Gasteiger charge is 2.51. The molecule has 0 spiro atoms. The number of aliphatic hydroxyl groups is 8. The maximum absolute atomic E-state index is 13.2. The lowest BCUT2D eigenvalue weighted by Crippen LogP contribution is -2.65. The van der Waals surface area contributed by atoms with Crippen molar-refractivity contribution < 1.29 is 64.6 Å². The van der Waals surface area contributed by atoms with E-state index in [4.69, 9.17) is 18.9 Å². The molecule has 0 saturated carbocycles. The zero-order chi connectivity index (χ0) is 57.4. The molecule has 2 heterocycles. The third-order valence-electron chi connectivity index (χ3n) is 16.7. The maximum Gasteiger partial charge on any atom is 0.220 e. The molecule has 2 aliphatic heterocycles. The van der Waals surface area contributed by atoms with Gasteiger partial charge in [-0.25, -0.2) is 0 Å². The highest BCUT2D eigenvalue weighted by atomic mass is 16.7. The number of hydrogen-bond acceptors (Lipinski definition) is 13. The van der Waals surface area contributed by atoms with Gasteiger partial charge in [-0.15, -0.1) is 0 Å². The van der Waals surface area contributed by atoms with Gasteiger partial charge in [-0.3, -0.25) is 4.79 Å². The Kier molecular flexibility index (Phi) is 47.8. The van der Waals surface area contributed by atoms with Crippen molar-refractivity contribution in [3.8, 4) is 0 Å². The number of rotatable bonds is 55. The van der Waals surface area contributed by atoms with Crippen LogP contribution in [0.5, 0.6) is 0 Å². The number of unbranched alkanes of at least 4 members (excludes halogenated alkanes) is 42. The molecule has 79 heavy (non-hydrogen) atoms. The molecule has 0 aromatic carbocycles. The van der Waals surface area contributed by atoms with Crippen molar-refractivity contribution in [2.75, 3.05) is 19.8 Å². The number of aliphatic hydroxyl groups excluding tert-OH is 8. The van der Waals surface area contributed by atoms with E-state index in [0.29, 0.717) is 6.42 Å². The summed E-state index contributed by atoms with van der Waals surface area (Å²) in [5.74, 6) is -0.238. The molecule has 14 heteroatoms. The zero-order valence-electron chi connectivity index (χ0n) is 50.6. The third kappa shape index (κ3) is 36.2. The summed E-state index contributed by atoms with van der Waals surface area (Å²) in [6.07, 6.45) is 45.0. The lowest BCUT2D eigenvalue weighted by molar-refractivity contribution is -0.359. The molecule has 0 aromatic rings. The van der Waals surface area contributed by atoms with Crippen LogP contribution in [0, 0.1) is 0 Å². The number of nitrogens with one attached hydrogen (secondary N) is 1. The van der Waals surface area contributed by atoms with Gasteiger partial charge in [0.05, 0.1) is 32.0 Å². The Morgan fingerprint density at radius 1 is 0.443 bits per heavy atom. The molecular weight excluding hydrogens is 1000 g/mol. The van der Waals surface area contributed by atoms with Crippen molar-refractivity contribution in [3.05, 3.63) is 12.2 Å². The molecule has 468 valence electrons. The first kappa shape index (κ1) is 73.8. The Hall–Kier alpha value is -1.27. The Morgan fingerprint density at radius 2 is 0.785 bits per heavy atom. The molecule has 2 aliphatic rings. The molecule has 12 unspecified atom stereocenters. The Bertz CT molecular complexity index is 1380. The summed E-state index contributed by atoms with van der Waals surface area (Å²) >= 11 is 0. The van der Waals surface area contributed by atoms with Gasteiger partial charge in [0, 0.05) is 6.42 Å². The number of carbonyl (C=O) groups is 1. The summed E-state index contributed by atoms with van der Waals surface area (Å²) in [5.41, 5.74) is 0. The monoisotopic (exact) mass is 1130 g/mol. The van der Waals surface area contributed by atoms with Crippen molar-refractivity contribution in [1.29, 1.82) is 0 Å². The Labute approximate surface area is 482 Å². The van der Waals surface area contributed by atoms with E-state index in [-0.39, 0.29) is 18.9 Å². The summed E-state index contributed by atoms with van der Waals surface area (Å²) in [6.45, 7) is 2.76. The largest absolute Gasteiger partial charge is 0.394 e. The lowest BCUT2D eigenvalue weighted by atomic mass is 9.97. The predicted octanol–water partition coefficient (Wildman–Crippen LogP) is 12.6. The fraction of sp³-hybridized carbons (Fsp3) is 0.954. The second-order valence-corrected chi connectivity index (χ2v) is 24.0. The van der Waals surface area contributed by atoms with Crippen LogP contribution in [-0.4, -0.2) is 140 Å². The van der Waals surface area contributed by atoms with Gasteiger partial charge in [0.1, 0.15) is 48.8 Å². The predicted molar refractivity (Wildman–Crippen MR) is 319 cm³/mol. The van der Waals surface area contributed by atoms with Crippen molar-refractivity contribution in [3.63, 3.8) is 0 Å². The zero-order valence-corrected chi connectivity index (χ0v) is 50.6. The van der Waals surface area contributed by atoms with Crippen LogP contribution in [0.2, 0.25) is 0 Å². The molecule has 2 fully saturated rings. The molecule has 0 bridgehead atoms. The van der Waals surface area contributed by atoms with Gasteiger partial charge in [0.15, 0.2) is 12.6 Å². The van der Waals surface area contributed by atoms with E-state index < -0.39 is 86.8 Å². The normalized spacial score (nSPS) is 24.4. The summed E-state index contributed by atoms with van der Waals surface area (Å²) in [5, 5.41) is 86.7. The minimum absolute atomic E-state index is 0.238. The minimum atomic E-state index is -1.78. The van der Waals surface area contributed by atoms with Gasteiger partial charge in [-0.1, -0.05) is 289 Å². The fourth-order valence-electron chi connectivity index (χ4n) is 11.4. The number of allylic oxidation sites excluding steroid dienone is 1. The number of amides is 1. The Morgan fingerprint density at radius 3 is 1.16 bits per heavy atom. The summed E-state index contributed by atoms with van der Waals surface area (Å²) in [7, 11) is 0. The molecule has 0 aliphatic carbocycles. The standard InChI is InChI=1S/C65H125NO13/c1-3-5-7-9-11-12-13-14-15-16-17-18-19-20-21-22-23-24-25-26-27-28-29-30-31-32-33-34-35-36-37-38-39-40-41-43-45-47-49-57(70)66-53(54(69)48-46-44-42-10-8-6-4-2)52-76-64-62(75)60(73)63(56(51-68)78-64)79-65-61(74)59(72)58(71)55(50-67)77-65/h46,48,53-56,58-65,67-69,71-75H,3-45,47,49-52H2,1-2H3,(H,66,70)/b48-46+. The van der Waals surface area contributed by atoms with Crippen LogP contribution >= 0.6 is 0 Å². The van der Waals surface area contributed by atoms with Crippen LogP contribution in [-0.2, 0) is 23.7 Å². The lowest BCUT2D eigenvalue weighted by Gasteiger charge is -2.46. The van der Waals surface area contributed by atoms with E-state index in [1.54, 1.807) is 6.08 Å². The second-order valence-electron chi connectivity index (χ2n) is 24.0. The molecule has 9 N–H and O–H groups in total. The second kappa shape index (κ2) is 51.2. The molecule has 2 saturated heterocycles. The highest BCUT2D eigenvalue weighted by Crippen LogP contribution is 2.30. The molecule has 1 amide bonds. The van der Waals surface area contributed by atoms with Crippen molar-refractivity contribution in [2.24, 2.45) is 0 Å². The number of hydrogen-bond donors (Lipinski definition) is 9. The topological polar surface area (TPSA) is 228 Å². The van der Waals surface area contributed by atoms with E-state index >= 15 is 0 Å². The average Bonchev–Trinajstić information content (AvgIpc) is 3.48. The maximum atomic E-state index is 13.2. The molecule has 0 aromatic heterocycles. The van der Waals surface area contributed by atoms with Crippen LogP contribution in [0.15, 0.2) is 12.2 Å². The summed E-state index contributed by atoms with van der Waals surface area (Å²) < 4.78 is 22.7.